The summed E-state index contributed by atoms with van der Waals surface area (Å²) in [6.45, 7) is 7.55. The molecule has 0 aliphatic rings. The Hall–Kier alpha value is -1.62. The van der Waals surface area contributed by atoms with Gasteiger partial charge in [0.2, 0.25) is 0 Å². The van der Waals surface area contributed by atoms with Gasteiger partial charge in [-0.1, -0.05) is 12.2 Å². The van der Waals surface area contributed by atoms with Crippen molar-refractivity contribution in [2.75, 3.05) is 30.8 Å². The summed E-state index contributed by atoms with van der Waals surface area (Å²) in [6, 6.07) is 1.68. The average molecular weight is 208 g/mol. The van der Waals surface area contributed by atoms with Crippen LogP contribution in [0.4, 0.5) is 11.6 Å². The van der Waals surface area contributed by atoms with E-state index in [1.807, 2.05) is 6.92 Å². The van der Waals surface area contributed by atoms with Gasteiger partial charge in [0.05, 0.1) is 13.2 Å². The Kier molecular flexibility index (Phi) is 4.56. The first-order chi connectivity index (χ1) is 7.18. The number of aromatic nitrogens is 2. The standard InChI is InChI=1S/C10H16N4O/c1-8(2)6-15-4-3-12-10-5-9(11)13-7-14-10/h5,7H,1,3-4,6H2,2H3,(H3,11,12,13,14). The van der Waals surface area contributed by atoms with Gasteiger partial charge in [-0.3, -0.25) is 0 Å². The second-order valence-electron chi connectivity index (χ2n) is 3.26. The maximum atomic E-state index is 5.49. The molecule has 0 aliphatic carbocycles. The first-order valence-electron chi connectivity index (χ1n) is 4.72. The summed E-state index contributed by atoms with van der Waals surface area (Å²) in [5.41, 5.74) is 6.51. The van der Waals surface area contributed by atoms with Crippen LogP contribution in [-0.2, 0) is 4.74 Å². The van der Waals surface area contributed by atoms with E-state index in [1.54, 1.807) is 6.07 Å². The molecule has 0 aromatic carbocycles. The molecule has 15 heavy (non-hydrogen) atoms. The summed E-state index contributed by atoms with van der Waals surface area (Å²) in [6.07, 6.45) is 1.42. The number of ether oxygens (including phenoxy) is 1. The van der Waals surface area contributed by atoms with Crippen molar-refractivity contribution >= 4 is 11.6 Å². The Morgan fingerprint density at radius 2 is 2.40 bits per heavy atom. The molecular formula is C10H16N4O. The third-order valence-corrected chi connectivity index (χ3v) is 1.59. The average Bonchev–Trinajstić information content (AvgIpc) is 2.17. The Morgan fingerprint density at radius 1 is 1.60 bits per heavy atom. The maximum Gasteiger partial charge on any atom is 0.131 e. The monoisotopic (exact) mass is 208 g/mol. The highest BCUT2D eigenvalue weighted by molar-refractivity contribution is 5.43. The third kappa shape index (κ3) is 4.97. The molecule has 0 spiro atoms. The molecule has 0 bridgehead atoms. The summed E-state index contributed by atoms with van der Waals surface area (Å²) >= 11 is 0. The number of nitrogens with one attached hydrogen (secondary N) is 1. The lowest BCUT2D eigenvalue weighted by atomic mass is 10.4. The predicted octanol–water partition coefficient (Wildman–Crippen LogP) is 1.06. The lowest BCUT2D eigenvalue weighted by Gasteiger charge is -2.06. The molecule has 1 aromatic rings. The smallest absolute Gasteiger partial charge is 0.131 e. The second-order valence-corrected chi connectivity index (χ2v) is 3.26. The van der Waals surface area contributed by atoms with Gasteiger partial charge in [-0.2, -0.15) is 0 Å². The minimum Gasteiger partial charge on any atom is -0.384 e. The summed E-state index contributed by atoms with van der Waals surface area (Å²) in [5, 5.41) is 3.07. The van der Waals surface area contributed by atoms with E-state index in [9.17, 15) is 0 Å². The second kappa shape index (κ2) is 5.98. The Balaban J connectivity index is 2.17. The minimum atomic E-state index is 0.454. The first kappa shape index (κ1) is 11.5. The van der Waals surface area contributed by atoms with Crippen molar-refractivity contribution in [3.63, 3.8) is 0 Å². The normalized spacial score (nSPS) is 9.93. The zero-order chi connectivity index (χ0) is 11.1. The number of anilines is 2. The van der Waals surface area contributed by atoms with E-state index in [-0.39, 0.29) is 0 Å². The third-order valence-electron chi connectivity index (χ3n) is 1.59. The molecule has 82 valence electrons. The molecule has 1 rings (SSSR count). The van der Waals surface area contributed by atoms with Gasteiger partial charge in [0.1, 0.15) is 18.0 Å². The van der Waals surface area contributed by atoms with E-state index in [1.165, 1.54) is 6.33 Å². The predicted molar refractivity (Wildman–Crippen MR) is 60.6 cm³/mol. The molecule has 0 atom stereocenters. The van der Waals surface area contributed by atoms with Crippen LogP contribution in [-0.4, -0.2) is 29.7 Å². The summed E-state index contributed by atoms with van der Waals surface area (Å²) in [5.74, 6) is 1.16. The van der Waals surface area contributed by atoms with Gasteiger partial charge in [-0.05, 0) is 6.92 Å². The molecule has 0 saturated carbocycles. The van der Waals surface area contributed by atoms with Crippen molar-refractivity contribution in [3.05, 3.63) is 24.5 Å². The van der Waals surface area contributed by atoms with Crippen LogP contribution in [0.3, 0.4) is 0 Å². The van der Waals surface area contributed by atoms with Gasteiger partial charge in [0.15, 0.2) is 0 Å². The molecule has 1 heterocycles. The van der Waals surface area contributed by atoms with Crippen molar-refractivity contribution in [1.82, 2.24) is 9.97 Å². The van der Waals surface area contributed by atoms with Crippen LogP contribution in [0.25, 0.3) is 0 Å². The van der Waals surface area contributed by atoms with Gasteiger partial charge in [0, 0.05) is 12.6 Å². The number of hydrogen-bond acceptors (Lipinski definition) is 5. The summed E-state index contributed by atoms with van der Waals surface area (Å²) < 4.78 is 5.31. The maximum absolute atomic E-state index is 5.49. The van der Waals surface area contributed by atoms with E-state index < -0.39 is 0 Å². The SMILES string of the molecule is C=C(C)COCCNc1cc(N)ncn1. The quantitative estimate of drug-likeness (QED) is 0.540. The first-order valence-corrected chi connectivity index (χ1v) is 4.72. The lowest BCUT2D eigenvalue weighted by molar-refractivity contribution is 0.167. The zero-order valence-electron chi connectivity index (χ0n) is 8.86. The van der Waals surface area contributed by atoms with Crippen LogP contribution in [0.2, 0.25) is 0 Å². The van der Waals surface area contributed by atoms with Gasteiger partial charge in [-0.25, -0.2) is 9.97 Å². The van der Waals surface area contributed by atoms with Crippen LogP contribution >= 0.6 is 0 Å². The number of hydrogen-bond donors (Lipinski definition) is 2. The Labute approximate surface area is 89.4 Å². The van der Waals surface area contributed by atoms with Crippen molar-refractivity contribution in [2.24, 2.45) is 0 Å². The fourth-order valence-corrected chi connectivity index (χ4v) is 0.967. The Morgan fingerprint density at radius 3 is 3.07 bits per heavy atom. The van der Waals surface area contributed by atoms with Crippen molar-refractivity contribution < 1.29 is 4.74 Å². The van der Waals surface area contributed by atoms with E-state index in [0.717, 1.165) is 5.57 Å². The molecule has 0 amide bonds. The number of nitrogens with zero attached hydrogens (tertiary/aromatic N) is 2. The number of nitrogen functional groups attached to an aromatic ring is 1. The molecule has 1 aromatic heterocycles. The van der Waals surface area contributed by atoms with Gasteiger partial charge in [-0.15, -0.1) is 0 Å². The molecule has 5 nitrogen and oxygen atoms in total. The van der Waals surface area contributed by atoms with E-state index in [0.29, 0.717) is 31.4 Å². The Bertz CT molecular complexity index is 327. The van der Waals surface area contributed by atoms with Gasteiger partial charge in [0.25, 0.3) is 0 Å². The van der Waals surface area contributed by atoms with Crippen molar-refractivity contribution in [3.8, 4) is 0 Å². The fraction of sp³-hybridized carbons (Fsp3) is 0.400. The highest BCUT2D eigenvalue weighted by Crippen LogP contribution is 2.03. The largest absolute Gasteiger partial charge is 0.384 e. The lowest BCUT2D eigenvalue weighted by Crippen LogP contribution is -2.11. The molecule has 0 saturated heterocycles. The van der Waals surface area contributed by atoms with Crippen LogP contribution in [0, 0.1) is 0 Å². The number of nitrogens with two attached hydrogens (primary N) is 1. The number of rotatable bonds is 6. The van der Waals surface area contributed by atoms with Crippen molar-refractivity contribution in [1.29, 1.82) is 0 Å². The minimum absolute atomic E-state index is 0.454. The van der Waals surface area contributed by atoms with Gasteiger partial charge >= 0.3 is 0 Å². The van der Waals surface area contributed by atoms with Gasteiger partial charge < -0.3 is 15.8 Å². The molecule has 5 heteroatoms. The van der Waals surface area contributed by atoms with Crippen LogP contribution in [0.1, 0.15) is 6.92 Å². The fourth-order valence-electron chi connectivity index (χ4n) is 0.967. The van der Waals surface area contributed by atoms with E-state index in [4.69, 9.17) is 10.5 Å². The molecule has 0 unspecified atom stereocenters. The molecular weight excluding hydrogens is 192 g/mol. The van der Waals surface area contributed by atoms with E-state index >= 15 is 0 Å². The molecule has 0 aliphatic heterocycles. The molecule has 0 radical (unpaired) electrons. The summed E-state index contributed by atoms with van der Waals surface area (Å²) in [4.78, 5) is 7.79. The molecule has 0 fully saturated rings. The van der Waals surface area contributed by atoms with Crippen LogP contribution in [0.15, 0.2) is 24.5 Å². The van der Waals surface area contributed by atoms with Crippen LogP contribution in [0.5, 0.6) is 0 Å². The zero-order valence-corrected chi connectivity index (χ0v) is 8.86. The van der Waals surface area contributed by atoms with E-state index in [2.05, 4.69) is 21.9 Å². The topological polar surface area (TPSA) is 73.1 Å². The van der Waals surface area contributed by atoms with Crippen molar-refractivity contribution in [2.45, 2.75) is 6.92 Å². The summed E-state index contributed by atoms with van der Waals surface area (Å²) in [7, 11) is 0. The highest BCUT2D eigenvalue weighted by atomic mass is 16.5. The van der Waals surface area contributed by atoms with Crippen LogP contribution < -0.4 is 11.1 Å². The highest BCUT2D eigenvalue weighted by Gasteiger charge is 1.94. The molecule has 3 N–H and O–H groups in total.